The van der Waals surface area contributed by atoms with E-state index in [2.05, 4.69) is 15.3 Å². The van der Waals surface area contributed by atoms with Crippen LogP contribution in [0, 0.1) is 0 Å². The molecule has 0 saturated heterocycles. The summed E-state index contributed by atoms with van der Waals surface area (Å²) in [7, 11) is 1.84. The van der Waals surface area contributed by atoms with Gasteiger partial charge in [-0.25, -0.2) is 9.97 Å². The first-order valence-corrected chi connectivity index (χ1v) is 8.05. The van der Waals surface area contributed by atoms with Gasteiger partial charge in [0.05, 0.1) is 17.3 Å². The highest BCUT2D eigenvalue weighted by atomic mass is 16.5. The molecule has 0 aliphatic carbocycles. The van der Waals surface area contributed by atoms with Crippen molar-refractivity contribution < 1.29 is 9.84 Å². The number of nitrogens with zero attached hydrogens (tertiary/aromatic N) is 2. The Morgan fingerprint density at radius 2 is 2.04 bits per heavy atom. The van der Waals surface area contributed by atoms with Crippen molar-refractivity contribution in [2.45, 2.75) is 19.4 Å². The Kier molecular flexibility index (Phi) is 4.91. The van der Waals surface area contributed by atoms with E-state index in [4.69, 9.17) is 4.74 Å². The van der Waals surface area contributed by atoms with E-state index in [1.807, 2.05) is 62.6 Å². The van der Waals surface area contributed by atoms with Gasteiger partial charge in [-0.3, -0.25) is 0 Å². The minimum atomic E-state index is -0.436. The minimum absolute atomic E-state index is 0.303. The van der Waals surface area contributed by atoms with Crippen molar-refractivity contribution in [2.24, 2.45) is 0 Å². The van der Waals surface area contributed by atoms with E-state index in [1.165, 1.54) is 0 Å². The molecule has 124 valence electrons. The Balaban J connectivity index is 1.83. The summed E-state index contributed by atoms with van der Waals surface area (Å²) >= 11 is 0. The average molecular weight is 323 g/mol. The highest BCUT2D eigenvalue weighted by Crippen LogP contribution is 2.24. The highest BCUT2D eigenvalue weighted by Gasteiger charge is 2.06. The predicted molar refractivity (Wildman–Crippen MR) is 96.3 cm³/mol. The maximum atomic E-state index is 9.58. The number of pyridine rings is 2. The summed E-state index contributed by atoms with van der Waals surface area (Å²) < 4.78 is 5.61. The van der Waals surface area contributed by atoms with E-state index in [0.29, 0.717) is 13.0 Å². The van der Waals surface area contributed by atoms with Crippen LogP contribution in [0.25, 0.3) is 22.2 Å². The van der Waals surface area contributed by atoms with E-state index < -0.39 is 6.10 Å². The quantitative estimate of drug-likeness (QED) is 0.727. The SMILES string of the molecule is CC[C@@H](O)COc1ccc2nc(-c3ccc(NC)nc3)ccc2c1. The molecule has 0 aliphatic rings. The van der Waals surface area contributed by atoms with Crippen LogP contribution in [-0.2, 0) is 0 Å². The van der Waals surface area contributed by atoms with Gasteiger partial charge in [0.1, 0.15) is 18.2 Å². The topological polar surface area (TPSA) is 67.3 Å². The van der Waals surface area contributed by atoms with Gasteiger partial charge in [-0.15, -0.1) is 0 Å². The van der Waals surface area contributed by atoms with Crippen molar-refractivity contribution in [3.8, 4) is 17.0 Å². The van der Waals surface area contributed by atoms with Crippen LogP contribution in [0.3, 0.4) is 0 Å². The zero-order chi connectivity index (χ0) is 16.9. The van der Waals surface area contributed by atoms with Crippen molar-refractivity contribution in [3.63, 3.8) is 0 Å². The molecular formula is C19H21N3O2. The number of fused-ring (bicyclic) bond motifs is 1. The van der Waals surface area contributed by atoms with Gasteiger partial charge < -0.3 is 15.2 Å². The number of ether oxygens (including phenoxy) is 1. The zero-order valence-corrected chi connectivity index (χ0v) is 13.9. The van der Waals surface area contributed by atoms with Crippen LogP contribution in [0.2, 0.25) is 0 Å². The first-order valence-electron chi connectivity index (χ1n) is 8.05. The number of hydrogen-bond donors (Lipinski definition) is 2. The fraction of sp³-hybridized carbons (Fsp3) is 0.263. The van der Waals surface area contributed by atoms with Gasteiger partial charge in [-0.05, 0) is 42.8 Å². The molecule has 3 aromatic rings. The van der Waals surface area contributed by atoms with Crippen molar-refractivity contribution in [1.82, 2.24) is 9.97 Å². The number of hydrogen-bond acceptors (Lipinski definition) is 5. The lowest BCUT2D eigenvalue weighted by Gasteiger charge is -2.11. The average Bonchev–Trinajstić information content (AvgIpc) is 2.65. The second-order valence-electron chi connectivity index (χ2n) is 5.61. The van der Waals surface area contributed by atoms with E-state index in [9.17, 15) is 5.11 Å². The molecule has 3 rings (SSSR count). The van der Waals surface area contributed by atoms with E-state index in [1.54, 1.807) is 0 Å². The minimum Gasteiger partial charge on any atom is -0.491 e. The third kappa shape index (κ3) is 3.63. The zero-order valence-electron chi connectivity index (χ0n) is 13.9. The van der Waals surface area contributed by atoms with Crippen molar-refractivity contribution in [1.29, 1.82) is 0 Å². The maximum Gasteiger partial charge on any atom is 0.125 e. The third-order valence-corrected chi connectivity index (χ3v) is 3.89. The smallest absolute Gasteiger partial charge is 0.125 e. The molecule has 5 heteroatoms. The van der Waals surface area contributed by atoms with Gasteiger partial charge >= 0.3 is 0 Å². The molecule has 0 fully saturated rings. The summed E-state index contributed by atoms with van der Waals surface area (Å²) in [5, 5.41) is 13.6. The second-order valence-corrected chi connectivity index (χ2v) is 5.61. The lowest BCUT2D eigenvalue weighted by Crippen LogP contribution is -2.15. The molecule has 0 aliphatic heterocycles. The molecule has 0 amide bonds. The molecule has 2 aromatic heterocycles. The number of benzene rings is 1. The van der Waals surface area contributed by atoms with Gasteiger partial charge in [0.25, 0.3) is 0 Å². The number of aliphatic hydroxyl groups excluding tert-OH is 1. The normalized spacial score (nSPS) is 12.1. The van der Waals surface area contributed by atoms with Gasteiger partial charge in [-0.2, -0.15) is 0 Å². The maximum absolute atomic E-state index is 9.58. The number of rotatable bonds is 6. The summed E-state index contributed by atoms with van der Waals surface area (Å²) in [4.78, 5) is 9.01. The summed E-state index contributed by atoms with van der Waals surface area (Å²) in [5.41, 5.74) is 2.75. The van der Waals surface area contributed by atoms with Gasteiger partial charge in [0.15, 0.2) is 0 Å². The Hall–Kier alpha value is -2.66. The van der Waals surface area contributed by atoms with Crippen molar-refractivity contribution in [3.05, 3.63) is 48.7 Å². The van der Waals surface area contributed by atoms with E-state index in [-0.39, 0.29) is 0 Å². The first kappa shape index (κ1) is 16.2. The lowest BCUT2D eigenvalue weighted by atomic mass is 10.1. The molecule has 0 bridgehead atoms. The summed E-state index contributed by atoms with van der Waals surface area (Å²) in [6.07, 6.45) is 2.05. The largest absolute Gasteiger partial charge is 0.491 e. The highest BCUT2D eigenvalue weighted by molar-refractivity contribution is 5.82. The molecule has 2 heterocycles. The van der Waals surface area contributed by atoms with Crippen molar-refractivity contribution in [2.75, 3.05) is 19.0 Å². The lowest BCUT2D eigenvalue weighted by molar-refractivity contribution is 0.104. The molecule has 1 atom stereocenters. The molecule has 1 aromatic carbocycles. The Bertz CT molecular complexity index is 818. The Labute approximate surface area is 141 Å². The standard InChI is InChI=1S/C19H21N3O2/c1-3-15(23)12-24-16-6-8-17-13(10-16)4-7-18(22-17)14-5-9-19(20-2)21-11-14/h4-11,15,23H,3,12H2,1-2H3,(H,20,21)/t15-/m1/s1. The summed E-state index contributed by atoms with van der Waals surface area (Å²) in [6.45, 7) is 2.23. The first-order chi connectivity index (χ1) is 11.7. The number of aliphatic hydroxyl groups is 1. The van der Waals surface area contributed by atoms with Gasteiger partial charge in [0, 0.05) is 24.2 Å². The molecular weight excluding hydrogens is 302 g/mol. The van der Waals surface area contributed by atoms with Crippen LogP contribution in [0.1, 0.15) is 13.3 Å². The Morgan fingerprint density at radius 1 is 1.17 bits per heavy atom. The molecule has 2 N–H and O–H groups in total. The van der Waals surface area contributed by atoms with Gasteiger partial charge in [0.2, 0.25) is 0 Å². The molecule has 0 spiro atoms. The van der Waals surface area contributed by atoms with Crippen molar-refractivity contribution >= 4 is 16.7 Å². The van der Waals surface area contributed by atoms with Crippen LogP contribution in [-0.4, -0.2) is 34.8 Å². The molecule has 0 unspecified atom stereocenters. The number of aromatic nitrogens is 2. The predicted octanol–water partition coefficient (Wildman–Crippen LogP) is 3.49. The number of anilines is 1. The number of nitrogens with one attached hydrogen (secondary N) is 1. The summed E-state index contributed by atoms with van der Waals surface area (Å²) in [5.74, 6) is 1.57. The summed E-state index contributed by atoms with van der Waals surface area (Å²) in [6, 6.07) is 13.7. The fourth-order valence-electron chi connectivity index (χ4n) is 2.36. The van der Waals surface area contributed by atoms with Crippen LogP contribution in [0.15, 0.2) is 48.7 Å². The molecule has 0 saturated carbocycles. The molecule has 24 heavy (non-hydrogen) atoms. The van der Waals surface area contributed by atoms with Crippen LogP contribution >= 0.6 is 0 Å². The monoisotopic (exact) mass is 323 g/mol. The second kappa shape index (κ2) is 7.27. The van der Waals surface area contributed by atoms with Gasteiger partial charge in [-0.1, -0.05) is 13.0 Å². The molecule has 0 radical (unpaired) electrons. The van der Waals surface area contributed by atoms with E-state index >= 15 is 0 Å². The molecule has 5 nitrogen and oxygen atoms in total. The Morgan fingerprint density at radius 3 is 2.75 bits per heavy atom. The van der Waals surface area contributed by atoms with Crippen LogP contribution in [0.4, 0.5) is 5.82 Å². The third-order valence-electron chi connectivity index (χ3n) is 3.89. The van der Waals surface area contributed by atoms with E-state index in [0.717, 1.165) is 33.7 Å². The van der Waals surface area contributed by atoms with Crippen LogP contribution in [0.5, 0.6) is 5.75 Å². The fourth-order valence-corrected chi connectivity index (χ4v) is 2.36. The van der Waals surface area contributed by atoms with Crippen LogP contribution < -0.4 is 10.1 Å².